The molecule has 2 heterocycles. The normalized spacial score (nSPS) is 19.3. The molecule has 1 atom stereocenters. The van der Waals surface area contributed by atoms with Gasteiger partial charge in [-0.2, -0.15) is 13.2 Å². The highest BCUT2D eigenvalue weighted by molar-refractivity contribution is 6.08. The summed E-state index contributed by atoms with van der Waals surface area (Å²) in [5, 5.41) is 1.46. The first-order valence-electron chi connectivity index (χ1n) is 7.27. The number of hydrogen-bond acceptors (Lipinski definition) is 1. The van der Waals surface area contributed by atoms with Crippen LogP contribution in [0.1, 0.15) is 24.6 Å². The van der Waals surface area contributed by atoms with Crippen molar-refractivity contribution in [3.63, 3.8) is 0 Å². The zero-order valence-electron chi connectivity index (χ0n) is 11.7. The third-order valence-corrected chi connectivity index (χ3v) is 4.23. The summed E-state index contributed by atoms with van der Waals surface area (Å²) >= 11 is 0. The van der Waals surface area contributed by atoms with Gasteiger partial charge in [0.2, 0.25) is 0 Å². The number of hydrogen-bond donors (Lipinski definition) is 0. The summed E-state index contributed by atoms with van der Waals surface area (Å²) in [5.41, 5.74) is 1.10. The molecular weight excluding hydrogens is 291 g/mol. The number of benzene rings is 2. The average molecular weight is 305 g/mol. The molecule has 1 aliphatic heterocycles. The van der Waals surface area contributed by atoms with Gasteiger partial charge in [-0.25, -0.2) is 0 Å². The zero-order chi connectivity index (χ0) is 15.3. The molecule has 0 N–H and O–H groups in total. The summed E-state index contributed by atoms with van der Waals surface area (Å²) in [6.45, 7) is 0.694. The fourth-order valence-electron chi connectivity index (χ4n) is 3.25. The lowest BCUT2D eigenvalue weighted by Crippen LogP contribution is -2.07. The summed E-state index contributed by atoms with van der Waals surface area (Å²) in [7, 11) is 0. The molecule has 1 fully saturated rings. The molecule has 5 heteroatoms. The second kappa shape index (κ2) is 4.74. The quantitative estimate of drug-likeness (QED) is 0.608. The van der Waals surface area contributed by atoms with Gasteiger partial charge in [0.1, 0.15) is 6.23 Å². The van der Waals surface area contributed by atoms with Gasteiger partial charge in [-0.15, -0.1) is 0 Å². The van der Waals surface area contributed by atoms with E-state index in [1.807, 2.05) is 28.8 Å². The van der Waals surface area contributed by atoms with E-state index in [-0.39, 0.29) is 6.23 Å². The average Bonchev–Trinajstić information content (AvgIpc) is 3.10. The molecule has 2 aromatic carbocycles. The Bertz CT molecular complexity index is 844. The van der Waals surface area contributed by atoms with Gasteiger partial charge >= 0.3 is 6.18 Å². The Hall–Kier alpha value is -2.01. The predicted molar refractivity (Wildman–Crippen MR) is 78.7 cm³/mol. The molecule has 114 valence electrons. The lowest BCUT2D eigenvalue weighted by molar-refractivity contribution is -0.137. The summed E-state index contributed by atoms with van der Waals surface area (Å²) in [6.07, 6.45) is -2.57. The Balaban J connectivity index is 2.05. The van der Waals surface area contributed by atoms with Crippen molar-refractivity contribution < 1.29 is 17.9 Å². The summed E-state index contributed by atoms with van der Waals surface area (Å²) in [6, 6.07) is 11.5. The summed E-state index contributed by atoms with van der Waals surface area (Å²) in [5.74, 6) is 0. The fourth-order valence-corrected chi connectivity index (χ4v) is 3.25. The third kappa shape index (κ3) is 2.00. The van der Waals surface area contributed by atoms with Crippen molar-refractivity contribution >= 4 is 21.8 Å². The molecule has 1 saturated heterocycles. The largest absolute Gasteiger partial charge is 0.416 e. The topological polar surface area (TPSA) is 14.2 Å². The van der Waals surface area contributed by atoms with Crippen molar-refractivity contribution in [2.75, 3.05) is 6.61 Å². The van der Waals surface area contributed by atoms with E-state index in [1.54, 1.807) is 6.07 Å². The molecule has 1 aromatic heterocycles. The van der Waals surface area contributed by atoms with Crippen molar-refractivity contribution in [3.05, 3.63) is 48.0 Å². The van der Waals surface area contributed by atoms with Crippen LogP contribution < -0.4 is 0 Å². The minimum atomic E-state index is -4.33. The summed E-state index contributed by atoms with van der Waals surface area (Å²) in [4.78, 5) is 0. The highest BCUT2D eigenvalue weighted by Gasteiger charge is 2.31. The molecule has 4 rings (SSSR count). The number of halogens is 3. The van der Waals surface area contributed by atoms with Gasteiger partial charge in [-0.05, 0) is 37.1 Å². The van der Waals surface area contributed by atoms with Crippen molar-refractivity contribution in [1.82, 2.24) is 4.57 Å². The van der Waals surface area contributed by atoms with E-state index < -0.39 is 11.7 Å². The monoisotopic (exact) mass is 305 g/mol. The Morgan fingerprint density at radius 1 is 1.00 bits per heavy atom. The first kappa shape index (κ1) is 13.6. The number of alkyl halides is 3. The SMILES string of the molecule is FC(F)(F)c1ccc2c(c1)c1ccccc1n2C1CCCO1. The number of rotatable bonds is 1. The number of aromatic nitrogens is 1. The van der Waals surface area contributed by atoms with Crippen LogP contribution >= 0.6 is 0 Å². The van der Waals surface area contributed by atoms with Crippen molar-refractivity contribution in [2.45, 2.75) is 25.2 Å². The highest BCUT2D eigenvalue weighted by Crippen LogP contribution is 2.38. The second-order valence-electron chi connectivity index (χ2n) is 5.58. The van der Waals surface area contributed by atoms with Gasteiger partial charge in [0.05, 0.1) is 16.6 Å². The van der Waals surface area contributed by atoms with Crippen LogP contribution in [0.5, 0.6) is 0 Å². The Labute approximate surface area is 125 Å². The van der Waals surface area contributed by atoms with E-state index in [4.69, 9.17) is 4.74 Å². The van der Waals surface area contributed by atoms with Crippen LogP contribution in [0.2, 0.25) is 0 Å². The molecule has 0 amide bonds. The molecule has 1 unspecified atom stereocenters. The molecule has 3 aromatic rings. The first-order valence-corrected chi connectivity index (χ1v) is 7.27. The van der Waals surface area contributed by atoms with Gasteiger partial charge in [0, 0.05) is 17.4 Å². The van der Waals surface area contributed by atoms with Crippen LogP contribution in [-0.4, -0.2) is 11.2 Å². The number of nitrogens with zero attached hydrogens (tertiary/aromatic N) is 1. The van der Waals surface area contributed by atoms with Crippen molar-refractivity contribution in [2.24, 2.45) is 0 Å². The molecule has 0 aliphatic carbocycles. The van der Waals surface area contributed by atoms with E-state index in [0.717, 1.165) is 35.3 Å². The van der Waals surface area contributed by atoms with E-state index in [2.05, 4.69) is 0 Å². The number of fused-ring (bicyclic) bond motifs is 3. The minimum absolute atomic E-state index is 0.0980. The first-order chi connectivity index (χ1) is 10.6. The summed E-state index contributed by atoms with van der Waals surface area (Å²) < 4.78 is 46.8. The smallest absolute Gasteiger partial charge is 0.358 e. The fraction of sp³-hybridized carbons (Fsp3) is 0.294. The van der Waals surface area contributed by atoms with Crippen LogP contribution in [-0.2, 0) is 10.9 Å². The lowest BCUT2D eigenvalue weighted by Gasteiger charge is -2.15. The molecule has 22 heavy (non-hydrogen) atoms. The van der Waals surface area contributed by atoms with Crippen LogP contribution in [0.15, 0.2) is 42.5 Å². The highest BCUT2D eigenvalue weighted by atomic mass is 19.4. The zero-order valence-corrected chi connectivity index (χ0v) is 11.7. The van der Waals surface area contributed by atoms with E-state index in [0.29, 0.717) is 12.0 Å². The maximum Gasteiger partial charge on any atom is 0.416 e. The second-order valence-corrected chi connectivity index (χ2v) is 5.58. The van der Waals surface area contributed by atoms with E-state index >= 15 is 0 Å². The van der Waals surface area contributed by atoms with E-state index in [9.17, 15) is 13.2 Å². The molecular formula is C17H14F3NO. The number of ether oxygens (including phenoxy) is 1. The Kier molecular flexibility index (Phi) is 2.94. The third-order valence-electron chi connectivity index (χ3n) is 4.23. The Morgan fingerprint density at radius 3 is 2.50 bits per heavy atom. The standard InChI is InChI=1S/C17H14F3NO/c18-17(19,20)11-7-8-15-13(10-11)12-4-1-2-5-14(12)21(15)16-6-3-9-22-16/h1-2,4-5,7-8,10,16H,3,6,9H2. The Morgan fingerprint density at radius 2 is 1.77 bits per heavy atom. The van der Waals surface area contributed by atoms with Crippen molar-refractivity contribution in [1.29, 1.82) is 0 Å². The van der Waals surface area contributed by atoms with E-state index in [1.165, 1.54) is 6.07 Å². The van der Waals surface area contributed by atoms with Gasteiger partial charge in [-0.1, -0.05) is 18.2 Å². The van der Waals surface area contributed by atoms with Gasteiger partial charge in [-0.3, -0.25) is 0 Å². The maximum absolute atomic E-state index is 13.0. The molecule has 0 spiro atoms. The lowest BCUT2D eigenvalue weighted by atomic mass is 10.1. The van der Waals surface area contributed by atoms with Crippen LogP contribution in [0.3, 0.4) is 0 Å². The molecule has 0 bridgehead atoms. The van der Waals surface area contributed by atoms with Crippen molar-refractivity contribution in [3.8, 4) is 0 Å². The van der Waals surface area contributed by atoms with Gasteiger partial charge in [0.15, 0.2) is 0 Å². The number of para-hydroxylation sites is 1. The molecule has 0 saturated carbocycles. The predicted octanol–water partition coefficient (Wildman–Crippen LogP) is 5.12. The van der Waals surface area contributed by atoms with Crippen LogP contribution in [0, 0.1) is 0 Å². The minimum Gasteiger partial charge on any atom is -0.358 e. The molecule has 2 nitrogen and oxygen atoms in total. The maximum atomic E-state index is 13.0. The molecule has 0 radical (unpaired) electrons. The van der Waals surface area contributed by atoms with Gasteiger partial charge in [0.25, 0.3) is 0 Å². The van der Waals surface area contributed by atoms with Gasteiger partial charge < -0.3 is 9.30 Å². The van der Waals surface area contributed by atoms with Crippen LogP contribution in [0.4, 0.5) is 13.2 Å². The molecule has 1 aliphatic rings. The van der Waals surface area contributed by atoms with Crippen LogP contribution in [0.25, 0.3) is 21.8 Å².